The Morgan fingerprint density at radius 3 is 1.71 bits per heavy atom. The van der Waals surface area contributed by atoms with Crippen molar-refractivity contribution in [1.29, 1.82) is 0 Å². The molecule has 1 heterocycles. The SMILES string of the molecule is C1=C(c2ccccc2)C=C(c2ccccc2)CC1c1ccc(N(c2ccc(-c3ccccc3)cc2)c2ccccc2-c2cccc3c2sc2ccccc23)cc1. The van der Waals surface area contributed by atoms with Crippen molar-refractivity contribution in [2.24, 2.45) is 0 Å². The number of fused-ring (bicyclic) bond motifs is 3. The lowest BCUT2D eigenvalue weighted by Crippen LogP contribution is -2.11. The van der Waals surface area contributed by atoms with Crippen molar-refractivity contribution >= 4 is 59.7 Å². The highest BCUT2D eigenvalue weighted by atomic mass is 32.1. The quantitative estimate of drug-likeness (QED) is 0.150. The predicted octanol–water partition coefficient (Wildman–Crippen LogP) is 15.5. The standard InChI is InChI=1S/C54H39NS/c1-4-15-38(16-5-1)41-27-31-46(32-28-41)55(52-25-12-10-21-48(52)50-23-14-24-51-49-22-11-13-26-53(49)56-54(50)51)47-33-29-42(30-34-47)45-36-43(39-17-6-2-7-18-39)35-44(37-45)40-19-8-3-9-20-40/h1-36,45H,37H2. The lowest BCUT2D eigenvalue weighted by Gasteiger charge is -2.29. The van der Waals surface area contributed by atoms with Crippen molar-refractivity contribution in [1.82, 2.24) is 0 Å². The van der Waals surface area contributed by atoms with Crippen LogP contribution in [0.25, 0.3) is 53.6 Å². The smallest absolute Gasteiger partial charge is 0.0540 e. The summed E-state index contributed by atoms with van der Waals surface area (Å²) in [5.41, 5.74) is 14.8. The second-order valence-electron chi connectivity index (χ2n) is 14.5. The first-order valence-electron chi connectivity index (χ1n) is 19.4. The first-order valence-corrected chi connectivity index (χ1v) is 20.2. The summed E-state index contributed by atoms with van der Waals surface area (Å²) in [5.74, 6) is 0.246. The zero-order valence-electron chi connectivity index (χ0n) is 30.9. The summed E-state index contributed by atoms with van der Waals surface area (Å²) in [5, 5.41) is 2.62. The number of rotatable bonds is 8. The van der Waals surface area contributed by atoms with E-state index in [9.17, 15) is 0 Å². The molecular formula is C54H39NS. The van der Waals surface area contributed by atoms with E-state index in [0.717, 1.165) is 23.5 Å². The van der Waals surface area contributed by atoms with Crippen molar-refractivity contribution in [2.75, 3.05) is 4.90 Å². The molecule has 1 aliphatic rings. The van der Waals surface area contributed by atoms with Crippen molar-refractivity contribution in [2.45, 2.75) is 12.3 Å². The van der Waals surface area contributed by atoms with E-state index < -0.39 is 0 Å². The fourth-order valence-electron chi connectivity index (χ4n) is 8.27. The molecule has 0 spiro atoms. The minimum atomic E-state index is 0.246. The minimum absolute atomic E-state index is 0.246. The van der Waals surface area contributed by atoms with Gasteiger partial charge < -0.3 is 4.90 Å². The Balaban J connectivity index is 1.08. The molecule has 1 atom stereocenters. The molecule has 0 saturated heterocycles. The van der Waals surface area contributed by atoms with Crippen molar-refractivity contribution in [3.05, 3.63) is 235 Å². The van der Waals surface area contributed by atoms with Gasteiger partial charge in [0.15, 0.2) is 0 Å². The number of para-hydroxylation sites is 1. The molecule has 0 N–H and O–H groups in total. The summed E-state index contributed by atoms with van der Waals surface area (Å²) in [7, 11) is 0. The van der Waals surface area contributed by atoms with Crippen LogP contribution in [0.2, 0.25) is 0 Å². The van der Waals surface area contributed by atoms with E-state index in [2.05, 4.69) is 223 Å². The molecule has 9 aromatic rings. The molecule has 0 amide bonds. The second kappa shape index (κ2) is 14.8. The van der Waals surface area contributed by atoms with Crippen LogP contribution in [0.4, 0.5) is 17.1 Å². The molecule has 1 aliphatic carbocycles. The van der Waals surface area contributed by atoms with E-state index >= 15 is 0 Å². The first-order chi connectivity index (χ1) is 27.8. The zero-order chi connectivity index (χ0) is 37.3. The van der Waals surface area contributed by atoms with Gasteiger partial charge in [0.05, 0.1) is 5.69 Å². The molecule has 0 fully saturated rings. The van der Waals surface area contributed by atoms with Gasteiger partial charge in [-0.15, -0.1) is 11.3 Å². The van der Waals surface area contributed by atoms with E-state index in [1.807, 2.05) is 11.3 Å². The topological polar surface area (TPSA) is 3.24 Å². The van der Waals surface area contributed by atoms with Gasteiger partial charge in [-0.2, -0.15) is 0 Å². The minimum Gasteiger partial charge on any atom is -0.310 e. The maximum Gasteiger partial charge on any atom is 0.0540 e. The molecule has 2 heteroatoms. The van der Waals surface area contributed by atoms with Gasteiger partial charge in [0, 0.05) is 48.6 Å². The van der Waals surface area contributed by atoms with Gasteiger partial charge in [-0.1, -0.05) is 182 Å². The largest absolute Gasteiger partial charge is 0.310 e. The molecular weight excluding hydrogens is 695 g/mol. The number of hydrogen-bond donors (Lipinski definition) is 0. The van der Waals surface area contributed by atoms with Crippen molar-refractivity contribution in [3.8, 4) is 22.3 Å². The number of allylic oxidation sites excluding steroid dienone is 4. The van der Waals surface area contributed by atoms with E-state index in [0.29, 0.717) is 0 Å². The fourth-order valence-corrected chi connectivity index (χ4v) is 9.50. The number of hydrogen-bond acceptors (Lipinski definition) is 2. The van der Waals surface area contributed by atoms with Crippen LogP contribution in [0.1, 0.15) is 29.0 Å². The molecule has 1 aromatic heterocycles. The Morgan fingerprint density at radius 1 is 0.429 bits per heavy atom. The molecule has 266 valence electrons. The number of nitrogens with zero attached hydrogens (tertiary/aromatic N) is 1. The van der Waals surface area contributed by atoms with Crippen LogP contribution in [0.15, 0.2) is 218 Å². The molecule has 56 heavy (non-hydrogen) atoms. The highest BCUT2D eigenvalue weighted by molar-refractivity contribution is 7.26. The average molecular weight is 734 g/mol. The van der Waals surface area contributed by atoms with Gasteiger partial charge in [0.1, 0.15) is 0 Å². The van der Waals surface area contributed by atoms with Crippen LogP contribution in [0.3, 0.4) is 0 Å². The first kappa shape index (κ1) is 33.8. The third kappa shape index (κ3) is 6.45. The molecule has 1 unspecified atom stereocenters. The second-order valence-corrected chi connectivity index (χ2v) is 15.5. The summed E-state index contributed by atoms with van der Waals surface area (Å²) in [6.45, 7) is 0. The molecule has 10 rings (SSSR count). The Morgan fingerprint density at radius 2 is 0.982 bits per heavy atom. The highest BCUT2D eigenvalue weighted by Gasteiger charge is 2.22. The van der Waals surface area contributed by atoms with E-state index in [1.54, 1.807) is 0 Å². The van der Waals surface area contributed by atoms with E-state index in [1.165, 1.54) is 70.3 Å². The average Bonchev–Trinajstić information content (AvgIpc) is 3.67. The monoisotopic (exact) mass is 733 g/mol. The number of benzene rings is 8. The van der Waals surface area contributed by atoms with Crippen LogP contribution >= 0.6 is 11.3 Å². The third-order valence-electron chi connectivity index (χ3n) is 11.1. The molecule has 0 aliphatic heterocycles. The van der Waals surface area contributed by atoms with Gasteiger partial charge in [-0.3, -0.25) is 0 Å². The van der Waals surface area contributed by atoms with Gasteiger partial charge in [-0.25, -0.2) is 0 Å². The van der Waals surface area contributed by atoms with Crippen LogP contribution in [-0.2, 0) is 0 Å². The Kier molecular flexibility index (Phi) is 8.95. The Labute approximate surface area is 332 Å². The molecule has 8 aromatic carbocycles. The summed E-state index contributed by atoms with van der Waals surface area (Å²) in [6.07, 6.45) is 5.79. The molecule has 1 nitrogen and oxygen atoms in total. The lowest BCUT2D eigenvalue weighted by molar-refractivity contribution is 0.870. The third-order valence-corrected chi connectivity index (χ3v) is 12.3. The van der Waals surface area contributed by atoms with Crippen LogP contribution in [0.5, 0.6) is 0 Å². The summed E-state index contributed by atoms with van der Waals surface area (Å²) >= 11 is 1.88. The Hall–Kier alpha value is -6.74. The van der Waals surface area contributed by atoms with Crippen LogP contribution < -0.4 is 4.90 Å². The van der Waals surface area contributed by atoms with Crippen molar-refractivity contribution < 1.29 is 0 Å². The Bertz CT molecular complexity index is 2850. The molecule has 0 bridgehead atoms. The van der Waals surface area contributed by atoms with E-state index in [4.69, 9.17) is 0 Å². The van der Waals surface area contributed by atoms with E-state index in [-0.39, 0.29) is 5.92 Å². The highest BCUT2D eigenvalue weighted by Crippen LogP contribution is 2.47. The van der Waals surface area contributed by atoms with Gasteiger partial charge >= 0.3 is 0 Å². The summed E-state index contributed by atoms with van der Waals surface area (Å²) in [4.78, 5) is 2.43. The van der Waals surface area contributed by atoms with Crippen LogP contribution in [-0.4, -0.2) is 0 Å². The van der Waals surface area contributed by atoms with Gasteiger partial charge in [0.25, 0.3) is 0 Å². The molecule has 0 radical (unpaired) electrons. The maximum absolute atomic E-state index is 2.46. The summed E-state index contributed by atoms with van der Waals surface area (Å²) < 4.78 is 2.63. The normalized spacial score (nSPS) is 14.0. The molecule has 0 saturated carbocycles. The predicted molar refractivity (Wildman–Crippen MR) is 241 cm³/mol. The van der Waals surface area contributed by atoms with Crippen molar-refractivity contribution in [3.63, 3.8) is 0 Å². The summed E-state index contributed by atoms with van der Waals surface area (Å²) in [6, 6.07) is 75.0. The maximum atomic E-state index is 2.46. The number of anilines is 3. The number of thiophene rings is 1. The van der Waals surface area contributed by atoms with Gasteiger partial charge in [0.2, 0.25) is 0 Å². The lowest BCUT2D eigenvalue weighted by atomic mass is 9.81. The zero-order valence-corrected chi connectivity index (χ0v) is 31.7. The van der Waals surface area contributed by atoms with Crippen LogP contribution in [0, 0.1) is 0 Å². The fraction of sp³-hybridized carbons (Fsp3) is 0.0370. The van der Waals surface area contributed by atoms with Gasteiger partial charge in [-0.05, 0) is 81.8 Å².